The summed E-state index contributed by atoms with van der Waals surface area (Å²) in [4.78, 5) is 18.0. The molecule has 0 radical (unpaired) electrons. The fourth-order valence-corrected chi connectivity index (χ4v) is 11.4. The highest BCUT2D eigenvalue weighted by Crippen LogP contribution is 2.52. The number of nitrogens with one attached hydrogen (secondary N) is 1. The van der Waals surface area contributed by atoms with Gasteiger partial charge < -0.3 is 14.8 Å². The summed E-state index contributed by atoms with van der Waals surface area (Å²) < 4.78 is 2.38. The molecule has 336 valence electrons. The second-order valence-corrected chi connectivity index (χ2v) is 19.0. The lowest BCUT2D eigenvalue weighted by atomic mass is 9.75. The Hall–Kier alpha value is -9.13. The van der Waals surface area contributed by atoms with Gasteiger partial charge in [0.15, 0.2) is 5.82 Å². The number of benzene rings is 9. The van der Waals surface area contributed by atoms with Crippen LogP contribution in [-0.2, 0) is 5.41 Å². The highest BCUT2D eigenvalue weighted by Gasteiger charge is 2.46. The minimum absolute atomic E-state index is 0.0763. The number of fused-ring (bicyclic) bond motifs is 8. The van der Waals surface area contributed by atoms with Gasteiger partial charge >= 0.3 is 0 Å². The summed E-state index contributed by atoms with van der Waals surface area (Å²) in [6.07, 6.45) is 9.13. The summed E-state index contributed by atoms with van der Waals surface area (Å²) in [5.74, 6) is 1.59. The maximum Gasteiger partial charge on any atom is 0.160 e. The van der Waals surface area contributed by atoms with Crippen LogP contribution >= 0.6 is 0 Å². The van der Waals surface area contributed by atoms with E-state index in [2.05, 4.69) is 252 Å². The second-order valence-electron chi connectivity index (χ2n) is 19.0. The van der Waals surface area contributed by atoms with Gasteiger partial charge in [0.05, 0.1) is 28.3 Å². The normalized spacial score (nSPS) is 17.8. The molecule has 2 aliphatic heterocycles. The van der Waals surface area contributed by atoms with Gasteiger partial charge in [0, 0.05) is 66.6 Å². The summed E-state index contributed by atoms with van der Waals surface area (Å²) in [5, 5.41) is 7.13. The Balaban J connectivity index is 0.800. The van der Waals surface area contributed by atoms with Gasteiger partial charge in [0.25, 0.3) is 0 Å². The monoisotopic (exact) mass is 910 g/mol. The van der Waals surface area contributed by atoms with Crippen LogP contribution < -0.4 is 10.2 Å². The molecule has 71 heavy (non-hydrogen) atoms. The number of anilines is 3. The number of aliphatic imine (C=N–C) groups is 1. The third-order valence-corrected chi connectivity index (χ3v) is 14.9. The lowest BCUT2D eigenvalue weighted by Crippen LogP contribution is -2.39. The zero-order valence-corrected chi connectivity index (χ0v) is 39.0. The van der Waals surface area contributed by atoms with Crippen LogP contribution in [-0.4, -0.2) is 26.4 Å². The van der Waals surface area contributed by atoms with Gasteiger partial charge in [0.2, 0.25) is 0 Å². The Morgan fingerprint density at radius 2 is 1.17 bits per heavy atom. The van der Waals surface area contributed by atoms with Crippen molar-refractivity contribution in [1.82, 2.24) is 14.5 Å². The van der Waals surface area contributed by atoms with Crippen LogP contribution in [0.5, 0.6) is 0 Å². The van der Waals surface area contributed by atoms with E-state index in [1.165, 1.54) is 44.3 Å². The van der Waals surface area contributed by atoms with Crippen LogP contribution in [0, 0.1) is 0 Å². The molecular weight excluding hydrogens is 865 g/mol. The van der Waals surface area contributed by atoms with Gasteiger partial charge in [-0.15, -0.1) is 0 Å². The average molecular weight is 911 g/mol. The number of nitrogens with zero attached hydrogens (tertiary/aromatic N) is 5. The molecule has 1 aliphatic carbocycles. The molecule has 0 fully saturated rings. The maximum absolute atomic E-state index is 5.29. The Kier molecular flexibility index (Phi) is 9.36. The summed E-state index contributed by atoms with van der Waals surface area (Å²) in [5.41, 5.74) is 17.7. The molecule has 0 spiro atoms. The number of allylic oxidation sites excluding steroid dienone is 2. The van der Waals surface area contributed by atoms with Crippen molar-refractivity contribution in [2.45, 2.75) is 24.4 Å². The van der Waals surface area contributed by atoms with Gasteiger partial charge in [-0.3, -0.25) is 4.99 Å². The molecule has 0 amide bonds. The van der Waals surface area contributed by atoms with Crippen molar-refractivity contribution in [3.05, 3.63) is 265 Å². The molecule has 0 bridgehead atoms. The highest BCUT2D eigenvalue weighted by atomic mass is 15.2. The van der Waals surface area contributed by atoms with Gasteiger partial charge in [-0.05, 0) is 120 Å². The van der Waals surface area contributed by atoms with Gasteiger partial charge in [0.1, 0.15) is 11.9 Å². The van der Waals surface area contributed by atoms with Crippen LogP contribution in [0.4, 0.5) is 17.1 Å². The quantitative estimate of drug-likeness (QED) is 0.173. The van der Waals surface area contributed by atoms with E-state index in [1.54, 1.807) is 0 Å². The third-order valence-electron chi connectivity index (χ3n) is 14.9. The standard InChI is InChI=1S/C65H46N6/c1-65-39-15-14-26-60(65)71(49-35-29-45(30-36-49)64-67-56-24-12-9-22-52(56)62(69-64)43-18-6-3-7-19-43)59-38-32-47(41-54(59)65)46-31-37-58-53(40-46)50-20-10-13-25-57(50)70(58)48-33-27-44(28-34-48)63-66-55-23-11-8-21-51(55)61(68-63)42-16-4-2-5-17-42/h2-41,60,62H,1H3,(H,67,69). The van der Waals surface area contributed by atoms with Crippen molar-refractivity contribution >= 4 is 55.6 Å². The van der Waals surface area contributed by atoms with E-state index in [4.69, 9.17) is 15.0 Å². The fourth-order valence-electron chi connectivity index (χ4n) is 11.4. The first kappa shape index (κ1) is 40.9. The average Bonchev–Trinajstić information content (AvgIpc) is 3.91. The van der Waals surface area contributed by atoms with Gasteiger partial charge in [-0.25, -0.2) is 9.97 Å². The van der Waals surface area contributed by atoms with E-state index >= 15 is 0 Å². The molecule has 11 aromatic rings. The largest absolute Gasteiger partial charge is 0.340 e. The molecule has 14 rings (SSSR count). The molecule has 1 N–H and O–H groups in total. The Morgan fingerprint density at radius 1 is 0.507 bits per heavy atom. The van der Waals surface area contributed by atoms with E-state index in [1.807, 2.05) is 12.1 Å². The molecule has 3 unspecified atom stereocenters. The van der Waals surface area contributed by atoms with Gasteiger partial charge in [-0.2, -0.15) is 0 Å². The smallest absolute Gasteiger partial charge is 0.160 e. The minimum Gasteiger partial charge on any atom is -0.340 e. The molecular formula is C65H46N6. The van der Waals surface area contributed by atoms with Crippen molar-refractivity contribution < 1.29 is 0 Å². The zero-order valence-electron chi connectivity index (χ0n) is 39.0. The van der Waals surface area contributed by atoms with E-state index in [0.29, 0.717) is 5.82 Å². The van der Waals surface area contributed by atoms with E-state index < -0.39 is 0 Å². The van der Waals surface area contributed by atoms with Crippen molar-refractivity contribution in [2.24, 2.45) is 4.99 Å². The van der Waals surface area contributed by atoms with E-state index in [9.17, 15) is 0 Å². The Labute approximate surface area is 412 Å². The van der Waals surface area contributed by atoms with Crippen LogP contribution in [0.1, 0.15) is 35.2 Å². The molecule has 6 heteroatoms. The first-order valence-electron chi connectivity index (χ1n) is 24.4. The molecule has 0 saturated heterocycles. The van der Waals surface area contributed by atoms with Crippen LogP contribution in [0.25, 0.3) is 72.2 Å². The van der Waals surface area contributed by atoms with Crippen LogP contribution in [0.2, 0.25) is 0 Å². The Morgan fingerprint density at radius 3 is 2.01 bits per heavy atom. The first-order chi connectivity index (χ1) is 35.1. The number of aromatic nitrogens is 3. The summed E-state index contributed by atoms with van der Waals surface area (Å²) in [7, 11) is 0. The predicted molar refractivity (Wildman–Crippen MR) is 293 cm³/mol. The minimum atomic E-state index is -0.228. The van der Waals surface area contributed by atoms with Crippen LogP contribution in [0.3, 0.4) is 0 Å². The molecule has 0 saturated carbocycles. The molecule has 3 atom stereocenters. The SMILES string of the molecule is CC12C=CC=CC1N(c1ccc(C3=NC(c4ccccc4)c4ccccc4N3)cc1)c1ccc(-c3ccc4c(c3)c3ccccc3n4-c3ccc(-c4nc(-c5ccccc5)c5ccccc5n4)cc3)cc12. The zero-order chi connectivity index (χ0) is 47.0. The van der Waals surface area contributed by atoms with Crippen LogP contribution in [0.15, 0.2) is 248 Å². The third kappa shape index (κ3) is 6.67. The van der Waals surface area contributed by atoms with Crippen molar-refractivity contribution in [3.8, 4) is 39.5 Å². The molecule has 6 nitrogen and oxygen atoms in total. The molecule has 9 aromatic carbocycles. The lowest BCUT2D eigenvalue weighted by Gasteiger charge is -2.34. The maximum atomic E-state index is 5.29. The van der Waals surface area contributed by atoms with E-state index in [0.717, 1.165) is 67.2 Å². The molecule has 4 heterocycles. The summed E-state index contributed by atoms with van der Waals surface area (Å²) in [6, 6.07) is 78.1. The second kappa shape index (κ2) is 16.3. The number of hydrogen-bond acceptors (Lipinski definition) is 5. The number of amidine groups is 1. The number of para-hydroxylation sites is 3. The number of rotatable bonds is 7. The summed E-state index contributed by atoms with van der Waals surface area (Å²) in [6.45, 7) is 2.38. The Bertz CT molecular complexity index is 3980. The van der Waals surface area contributed by atoms with E-state index in [-0.39, 0.29) is 17.5 Å². The predicted octanol–water partition coefficient (Wildman–Crippen LogP) is 15.6. The lowest BCUT2D eigenvalue weighted by molar-refractivity contribution is 0.551. The fraction of sp³-hybridized carbons (Fsp3) is 0.0615. The van der Waals surface area contributed by atoms with Crippen molar-refractivity contribution in [2.75, 3.05) is 10.2 Å². The molecule has 2 aromatic heterocycles. The number of hydrogen-bond donors (Lipinski definition) is 1. The summed E-state index contributed by atoms with van der Waals surface area (Å²) >= 11 is 0. The first-order valence-corrected chi connectivity index (χ1v) is 24.4. The van der Waals surface area contributed by atoms with Gasteiger partial charge in [-0.1, -0.05) is 152 Å². The highest BCUT2D eigenvalue weighted by molar-refractivity contribution is 6.11. The van der Waals surface area contributed by atoms with Crippen molar-refractivity contribution in [3.63, 3.8) is 0 Å². The molecule has 3 aliphatic rings. The van der Waals surface area contributed by atoms with Crippen molar-refractivity contribution in [1.29, 1.82) is 0 Å². The topological polar surface area (TPSA) is 58.3 Å².